The number of hydrogen-bond donors (Lipinski definition) is 1. The minimum Gasteiger partial charge on any atom is -0.370 e. The van der Waals surface area contributed by atoms with E-state index in [4.69, 9.17) is 5.73 Å². The van der Waals surface area contributed by atoms with Gasteiger partial charge in [-0.25, -0.2) is 8.42 Å². The minimum absolute atomic E-state index is 0.0324. The van der Waals surface area contributed by atoms with E-state index in [9.17, 15) is 8.42 Å². The van der Waals surface area contributed by atoms with E-state index < -0.39 is 9.84 Å². The van der Waals surface area contributed by atoms with Crippen LogP contribution in [-0.2, 0) is 9.84 Å². The fourth-order valence-corrected chi connectivity index (χ4v) is 6.04. The van der Waals surface area contributed by atoms with Crippen LogP contribution in [0.1, 0.15) is 26.3 Å². The maximum Gasteiger partial charge on any atom is 0.226 e. The molecule has 0 saturated carbocycles. The van der Waals surface area contributed by atoms with E-state index in [1.165, 1.54) is 0 Å². The quantitative estimate of drug-likeness (QED) is 0.522. The lowest BCUT2D eigenvalue weighted by Crippen LogP contribution is -2.26. The first kappa shape index (κ1) is 20.0. The summed E-state index contributed by atoms with van der Waals surface area (Å²) in [6.07, 6.45) is 0.935. The van der Waals surface area contributed by atoms with E-state index in [2.05, 4.69) is 10.00 Å². The van der Waals surface area contributed by atoms with Gasteiger partial charge < -0.3 is 10.6 Å². The van der Waals surface area contributed by atoms with Gasteiger partial charge in [-0.2, -0.15) is 5.10 Å². The molecule has 0 aliphatic carbocycles. The monoisotopic (exact) mass is 434 g/mol. The lowest BCUT2D eigenvalue weighted by molar-refractivity contribution is 0.531. The van der Waals surface area contributed by atoms with Gasteiger partial charge in [-0.3, -0.25) is 4.68 Å². The fourth-order valence-electron chi connectivity index (χ4n) is 4.45. The molecule has 1 aliphatic heterocycles. The molecule has 1 aromatic heterocycles. The largest absolute Gasteiger partial charge is 0.370 e. The zero-order valence-corrected chi connectivity index (χ0v) is 18.5. The molecule has 2 N–H and O–H groups in total. The van der Waals surface area contributed by atoms with E-state index in [1.807, 2.05) is 62.4 Å². The van der Waals surface area contributed by atoms with Crippen LogP contribution in [-0.4, -0.2) is 37.3 Å². The van der Waals surface area contributed by atoms with Crippen LogP contribution in [0, 0.1) is 0 Å². The van der Waals surface area contributed by atoms with Crippen LogP contribution in [0.25, 0.3) is 21.7 Å². The summed E-state index contributed by atoms with van der Waals surface area (Å²) in [5, 5.41) is 6.97. The highest BCUT2D eigenvalue weighted by Crippen LogP contribution is 2.35. The van der Waals surface area contributed by atoms with Crippen LogP contribution in [0.4, 0.5) is 5.69 Å². The van der Waals surface area contributed by atoms with E-state index in [0.29, 0.717) is 10.8 Å². The number of benzene rings is 3. The molecule has 7 heteroatoms. The van der Waals surface area contributed by atoms with Crippen LogP contribution in [0.5, 0.6) is 0 Å². The number of anilines is 1. The number of fused-ring (bicyclic) bond motifs is 2. The summed E-state index contributed by atoms with van der Waals surface area (Å²) in [6, 6.07) is 19.1. The zero-order valence-electron chi connectivity index (χ0n) is 17.7. The predicted molar refractivity (Wildman–Crippen MR) is 124 cm³/mol. The molecule has 0 spiro atoms. The normalized spacial score (nSPS) is 17.3. The van der Waals surface area contributed by atoms with Gasteiger partial charge in [0.2, 0.25) is 9.84 Å². The van der Waals surface area contributed by atoms with Crippen LogP contribution >= 0.6 is 0 Å². The third-order valence-electron chi connectivity index (χ3n) is 6.03. The molecule has 0 unspecified atom stereocenters. The van der Waals surface area contributed by atoms with Gasteiger partial charge in [0.15, 0.2) is 5.03 Å². The Labute approximate surface area is 182 Å². The van der Waals surface area contributed by atoms with Crippen molar-refractivity contribution in [2.75, 3.05) is 18.0 Å². The number of nitrogens with zero attached hydrogens (tertiary/aromatic N) is 3. The van der Waals surface area contributed by atoms with Gasteiger partial charge in [-0.05, 0) is 49.9 Å². The van der Waals surface area contributed by atoms with Gasteiger partial charge in [-0.1, -0.05) is 36.4 Å². The standard InChI is InChI=1S/C24H26N4O2S/c1-16(2)28-22-11-10-19(27-13-12-18(25)15-27)14-21(22)24(26-28)31(29,30)23-9-5-7-17-6-3-4-8-20(17)23/h3-11,14,16,18H,12-13,15,25H2,1-2H3/t18-/m1/s1. The second-order valence-corrected chi connectivity index (χ2v) is 10.4. The molecule has 5 rings (SSSR count). The molecule has 0 bridgehead atoms. The highest BCUT2D eigenvalue weighted by Gasteiger charge is 2.29. The Morgan fingerprint density at radius 3 is 2.55 bits per heavy atom. The van der Waals surface area contributed by atoms with Crippen LogP contribution in [0.15, 0.2) is 70.6 Å². The summed E-state index contributed by atoms with van der Waals surface area (Å²) in [7, 11) is -3.83. The number of nitrogens with two attached hydrogens (primary N) is 1. The smallest absolute Gasteiger partial charge is 0.226 e. The molecular weight excluding hydrogens is 408 g/mol. The Morgan fingerprint density at radius 1 is 1.03 bits per heavy atom. The van der Waals surface area contributed by atoms with Gasteiger partial charge in [0, 0.05) is 41.6 Å². The van der Waals surface area contributed by atoms with E-state index >= 15 is 0 Å². The second kappa shape index (κ2) is 7.35. The van der Waals surface area contributed by atoms with Gasteiger partial charge in [0.25, 0.3) is 0 Å². The highest BCUT2D eigenvalue weighted by atomic mass is 32.2. The molecule has 1 saturated heterocycles. The molecule has 6 nitrogen and oxygen atoms in total. The summed E-state index contributed by atoms with van der Waals surface area (Å²) in [4.78, 5) is 2.50. The van der Waals surface area contributed by atoms with Crippen molar-refractivity contribution in [2.45, 2.75) is 42.3 Å². The summed E-state index contributed by atoms with van der Waals surface area (Å²) >= 11 is 0. The third-order valence-corrected chi connectivity index (χ3v) is 7.77. The molecule has 1 fully saturated rings. The number of sulfone groups is 1. The third kappa shape index (κ3) is 3.28. The zero-order chi connectivity index (χ0) is 21.8. The van der Waals surface area contributed by atoms with Crippen LogP contribution < -0.4 is 10.6 Å². The maximum absolute atomic E-state index is 13.9. The maximum atomic E-state index is 13.9. The molecule has 160 valence electrons. The van der Waals surface area contributed by atoms with Crippen molar-refractivity contribution in [3.63, 3.8) is 0 Å². The van der Waals surface area contributed by atoms with Crippen molar-refractivity contribution >= 4 is 37.2 Å². The van der Waals surface area contributed by atoms with Crippen molar-refractivity contribution in [3.05, 3.63) is 60.7 Å². The number of aromatic nitrogens is 2. The first-order valence-electron chi connectivity index (χ1n) is 10.6. The first-order valence-corrected chi connectivity index (χ1v) is 12.1. The Balaban J connectivity index is 1.74. The molecular formula is C24H26N4O2S. The summed E-state index contributed by atoms with van der Waals surface area (Å²) in [5.41, 5.74) is 7.90. The van der Waals surface area contributed by atoms with Crippen molar-refractivity contribution in [3.8, 4) is 0 Å². The minimum atomic E-state index is -3.83. The van der Waals surface area contributed by atoms with Gasteiger partial charge in [0.1, 0.15) is 0 Å². The molecule has 0 radical (unpaired) electrons. The van der Waals surface area contributed by atoms with E-state index in [-0.39, 0.29) is 22.0 Å². The van der Waals surface area contributed by atoms with Crippen LogP contribution in [0.2, 0.25) is 0 Å². The lowest BCUT2D eigenvalue weighted by atomic mass is 10.1. The summed E-state index contributed by atoms with van der Waals surface area (Å²) in [5.74, 6) is 0. The topological polar surface area (TPSA) is 81.2 Å². The average Bonchev–Trinajstić information content (AvgIpc) is 3.37. The van der Waals surface area contributed by atoms with Crippen molar-refractivity contribution in [2.24, 2.45) is 5.73 Å². The highest BCUT2D eigenvalue weighted by molar-refractivity contribution is 7.91. The molecule has 1 aliphatic rings. The van der Waals surface area contributed by atoms with E-state index in [1.54, 1.807) is 16.8 Å². The Kier molecular flexibility index (Phi) is 4.75. The number of rotatable bonds is 4. The Hall–Kier alpha value is -2.90. The second-order valence-electron chi connectivity index (χ2n) is 8.52. The van der Waals surface area contributed by atoms with Crippen molar-refractivity contribution < 1.29 is 8.42 Å². The molecule has 31 heavy (non-hydrogen) atoms. The van der Waals surface area contributed by atoms with Gasteiger partial charge in [-0.15, -0.1) is 0 Å². The van der Waals surface area contributed by atoms with Gasteiger partial charge >= 0.3 is 0 Å². The average molecular weight is 435 g/mol. The van der Waals surface area contributed by atoms with Crippen molar-refractivity contribution in [1.29, 1.82) is 0 Å². The number of hydrogen-bond acceptors (Lipinski definition) is 5. The predicted octanol–water partition coefficient (Wildman–Crippen LogP) is 4.14. The molecule has 1 atom stereocenters. The van der Waals surface area contributed by atoms with Crippen molar-refractivity contribution in [1.82, 2.24) is 9.78 Å². The summed E-state index contributed by atoms with van der Waals surface area (Å²) in [6.45, 7) is 5.66. The lowest BCUT2D eigenvalue weighted by Gasteiger charge is -2.18. The Morgan fingerprint density at radius 2 is 1.81 bits per heavy atom. The fraction of sp³-hybridized carbons (Fsp3) is 0.292. The molecule has 2 heterocycles. The van der Waals surface area contributed by atoms with Crippen LogP contribution in [0.3, 0.4) is 0 Å². The molecule has 4 aromatic rings. The molecule has 3 aromatic carbocycles. The van der Waals surface area contributed by atoms with E-state index in [0.717, 1.165) is 36.1 Å². The first-order chi connectivity index (χ1) is 14.9. The van der Waals surface area contributed by atoms with Gasteiger partial charge in [0.05, 0.1) is 10.4 Å². The molecule has 0 amide bonds. The SMILES string of the molecule is CC(C)n1nc(S(=O)(=O)c2cccc3ccccc23)c2cc(N3CC[C@@H](N)C3)ccc21. The Bertz CT molecular complexity index is 1390. The summed E-state index contributed by atoms with van der Waals surface area (Å²) < 4.78 is 29.5.